The summed E-state index contributed by atoms with van der Waals surface area (Å²) in [5.41, 5.74) is 0.890. The van der Waals surface area contributed by atoms with Gasteiger partial charge in [-0.15, -0.1) is 0 Å². The molecule has 1 aromatic heterocycles. The summed E-state index contributed by atoms with van der Waals surface area (Å²) in [6.07, 6.45) is 3.23. The second kappa shape index (κ2) is 6.60. The molecule has 0 aliphatic heterocycles. The zero-order valence-corrected chi connectivity index (χ0v) is 10.5. The topological polar surface area (TPSA) is 51.2 Å². The molecule has 0 unspecified atom stereocenters. The van der Waals surface area contributed by atoms with Gasteiger partial charge in [-0.3, -0.25) is 9.78 Å². The van der Waals surface area contributed by atoms with Crippen molar-refractivity contribution in [2.75, 3.05) is 6.61 Å². The Hall–Kier alpha value is -2.50. The maximum Gasteiger partial charge on any atom is 0.258 e. The van der Waals surface area contributed by atoms with Crippen molar-refractivity contribution < 1.29 is 18.3 Å². The lowest BCUT2D eigenvalue weighted by atomic mass is 10.3. The lowest BCUT2D eigenvalue weighted by Crippen LogP contribution is -2.28. The largest absolute Gasteiger partial charge is 0.481 e. The normalized spacial score (nSPS) is 10.1. The van der Waals surface area contributed by atoms with Crippen molar-refractivity contribution in [2.45, 2.75) is 6.54 Å². The number of hydrogen-bond acceptors (Lipinski definition) is 3. The molecule has 1 amide bonds. The van der Waals surface area contributed by atoms with Crippen molar-refractivity contribution in [3.05, 3.63) is 59.9 Å². The first-order valence-electron chi connectivity index (χ1n) is 5.88. The standard InChI is InChI=1S/C14H12F2N2O2/c15-11-1-2-13(12(16)7-11)20-9-14(19)18-8-10-3-5-17-6-4-10/h1-7H,8-9H2,(H,18,19). The number of halogens is 2. The van der Waals surface area contributed by atoms with Crippen LogP contribution in [0.1, 0.15) is 5.56 Å². The Morgan fingerprint density at radius 1 is 1.20 bits per heavy atom. The number of pyridine rings is 1. The van der Waals surface area contributed by atoms with Gasteiger partial charge in [0.25, 0.3) is 5.91 Å². The highest BCUT2D eigenvalue weighted by atomic mass is 19.1. The summed E-state index contributed by atoms with van der Waals surface area (Å²) >= 11 is 0. The van der Waals surface area contributed by atoms with Gasteiger partial charge < -0.3 is 10.1 Å². The highest BCUT2D eigenvalue weighted by Gasteiger charge is 2.07. The van der Waals surface area contributed by atoms with E-state index in [2.05, 4.69) is 10.3 Å². The second-order valence-electron chi connectivity index (χ2n) is 4.00. The van der Waals surface area contributed by atoms with E-state index >= 15 is 0 Å². The van der Waals surface area contributed by atoms with E-state index in [1.54, 1.807) is 24.5 Å². The van der Waals surface area contributed by atoms with Crippen LogP contribution >= 0.6 is 0 Å². The fourth-order valence-electron chi connectivity index (χ4n) is 1.49. The van der Waals surface area contributed by atoms with Crippen LogP contribution in [0.5, 0.6) is 5.75 Å². The molecule has 0 fully saturated rings. The molecule has 2 rings (SSSR count). The van der Waals surface area contributed by atoms with Crippen LogP contribution in [-0.4, -0.2) is 17.5 Å². The van der Waals surface area contributed by atoms with Gasteiger partial charge in [-0.1, -0.05) is 0 Å². The fourth-order valence-corrected chi connectivity index (χ4v) is 1.49. The zero-order chi connectivity index (χ0) is 14.4. The molecular weight excluding hydrogens is 266 g/mol. The summed E-state index contributed by atoms with van der Waals surface area (Å²) in [6, 6.07) is 6.43. The van der Waals surface area contributed by atoms with Crippen molar-refractivity contribution in [1.29, 1.82) is 0 Å². The first-order valence-corrected chi connectivity index (χ1v) is 5.88. The van der Waals surface area contributed by atoms with Crippen LogP contribution in [0.4, 0.5) is 8.78 Å². The van der Waals surface area contributed by atoms with Crippen LogP contribution < -0.4 is 10.1 Å². The zero-order valence-electron chi connectivity index (χ0n) is 10.5. The molecule has 104 valence electrons. The van der Waals surface area contributed by atoms with Crippen molar-refractivity contribution in [3.8, 4) is 5.75 Å². The van der Waals surface area contributed by atoms with E-state index in [-0.39, 0.29) is 12.4 Å². The Labute approximate surface area is 114 Å². The molecular formula is C14H12F2N2O2. The average Bonchev–Trinajstić information content (AvgIpc) is 2.45. The number of nitrogens with one attached hydrogen (secondary N) is 1. The number of hydrogen-bond donors (Lipinski definition) is 1. The van der Waals surface area contributed by atoms with Gasteiger partial charge in [0.05, 0.1) is 0 Å². The summed E-state index contributed by atoms with van der Waals surface area (Å²) < 4.78 is 30.9. The predicted octanol–water partition coefficient (Wildman–Crippen LogP) is 2.05. The van der Waals surface area contributed by atoms with E-state index < -0.39 is 17.5 Å². The molecule has 1 N–H and O–H groups in total. The summed E-state index contributed by atoms with van der Waals surface area (Å²) in [6.45, 7) is -0.00967. The van der Waals surface area contributed by atoms with Crippen molar-refractivity contribution in [1.82, 2.24) is 10.3 Å². The average molecular weight is 278 g/mol. The van der Waals surface area contributed by atoms with E-state index in [1.807, 2.05) is 0 Å². The molecule has 2 aromatic rings. The number of carbonyl (C=O) groups excluding carboxylic acids is 1. The summed E-state index contributed by atoms with van der Waals surface area (Å²) in [5.74, 6) is -2.10. The molecule has 4 nitrogen and oxygen atoms in total. The molecule has 6 heteroatoms. The van der Waals surface area contributed by atoms with E-state index in [9.17, 15) is 13.6 Å². The fraction of sp³-hybridized carbons (Fsp3) is 0.143. The first kappa shape index (κ1) is 13.9. The Morgan fingerprint density at radius 3 is 2.65 bits per heavy atom. The number of carbonyl (C=O) groups is 1. The number of nitrogens with zero attached hydrogens (tertiary/aromatic N) is 1. The van der Waals surface area contributed by atoms with Crippen molar-refractivity contribution in [2.24, 2.45) is 0 Å². The molecule has 0 saturated carbocycles. The van der Waals surface area contributed by atoms with E-state index in [0.29, 0.717) is 12.6 Å². The number of aromatic nitrogens is 1. The highest BCUT2D eigenvalue weighted by molar-refractivity contribution is 5.77. The van der Waals surface area contributed by atoms with Gasteiger partial charge in [-0.05, 0) is 29.8 Å². The van der Waals surface area contributed by atoms with Gasteiger partial charge >= 0.3 is 0 Å². The monoisotopic (exact) mass is 278 g/mol. The number of benzene rings is 1. The van der Waals surface area contributed by atoms with Gasteiger partial charge in [0.15, 0.2) is 18.2 Å². The maximum atomic E-state index is 13.2. The predicted molar refractivity (Wildman–Crippen MR) is 67.9 cm³/mol. The Kier molecular flexibility index (Phi) is 4.60. The molecule has 0 bridgehead atoms. The number of amides is 1. The molecule has 0 atom stereocenters. The van der Waals surface area contributed by atoms with Gasteiger partial charge in [-0.2, -0.15) is 0 Å². The molecule has 0 radical (unpaired) electrons. The van der Waals surface area contributed by atoms with E-state index in [0.717, 1.165) is 17.7 Å². The highest BCUT2D eigenvalue weighted by Crippen LogP contribution is 2.17. The first-order chi connectivity index (χ1) is 9.65. The molecule has 1 heterocycles. The molecule has 0 aliphatic rings. The van der Waals surface area contributed by atoms with Crippen LogP contribution in [-0.2, 0) is 11.3 Å². The van der Waals surface area contributed by atoms with E-state index in [1.165, 1.54) is 0 Å². The van der Waals surface area contributed by atoms with Gasteiger partial charge in [0.1, 0.15) is 5.82 Å². The van der Waals surface area contributed by atoms with Crippen LogP contribution in [0.2, 0.25) is 0 Å². The Bertz CT molecular complexity index is 591. The van der Waals surface area contributed by atoms with Crippen LogP contribution in [0, 0.1) is 11.6 Å². The SMILES string of the molecule is O=C(COc1ccc(F)cc1F)NCc1ccncc1. The minimum atomic E-state index is -0.841. The van der Waals surface area contributed by atoms with Crippen LogP contribution in [0.15, 0.2) is 42.7 Å². The minimum absolute atomic E-state index is 0.162. The molecule has 0 aliphatic carbocycles. The summed E-state index contributed by atoms with van der Waals surface area (Å²) in [4.78, 5) is 15.4. The lowest BCUT2D eigenvalue weighted by Gasteiger charge is -2.08. The third-order valence-corrected chi connectivity index (χ3v) is 2.49. The van der Waals surface area contributed by atoms with Gasteiger partial charge in [0, 0.05) is 25.0 Å². The summed E-state index contributed by atoms with van der Waals surface area (Å²) in [7, 11) is 0. The molecule has 20 heavy (non-hydrogen) atoms. The second-order valence-corrected chi connectivity index (χ2v) is 4.00. The lowest BCUT2D eigenvalue weighted by molar-refractivity contribution is -0.123. The Morgan fingerprint density at radius 2 is 1.95 bits per heavy atom. The third kappa shape index (κ3) is 4.01. The number of rotatable bonds is 5. The maximum absolute atomic E-state index is 13.2. The third-order valence-electron chi connectivity index (χ3n) is 2.49. The van der Waals surface area contributed by atoms with Crippen molar-refractivity contribution in [3.63, 3.8) is 0 Å². The Balaban J connectivity index is 1.80. The molecule has 0 saturated heterocycles. The van der Waals surface area contributed by atoms with Crippen LogP contribution in [0.25, 0.3) is 0 Å². The van der Waals surface area contributed by atoms with Crippen molar-refractivity contribution >= 4 is 5.91 Å². The van der Waals surface area contributed by atoms with E-state index in [4.69, 9.17) is 4.74 Å². The molecule has 1 aromatic carbocycles. The summed E-state index contributed by atoms with van der Waals surface area (Å²) in [5, 5.41) is 2.61. The molecule has 0 spiro atoms. The van der Waals surface area contributed by atoms with Gasteiger partial charge in [-0.25, -0.2) is 8.78 Å². The van der Waals surface area contributed by atoms with Gasteiger partial charge in [0.2, 0.25) is 0 Å². The quantitative estimate of drug-likeness (QED) is 0.910. The van der Waals surface area contributed by atoms with Crippen LogP contribution in [0.3, 0.4) is 0 Å². The smallest absolute Gasteiger partial charge is 0.258 e. The number of ether oxygens (including phenoxy) is 1. The minimum Gasteiger partial charge on any atom is -0.481 e.